The highest BCUT2D eigenvalue weighted by molar-refractivity contribution is 5.87. The molecule has 4 rings (SSSR count). The Morgan fingerprint density at radius 2 is 1.34 bits per heavy atom. The largest absolute Gasteiger partial charge is 0.491 e. The fraction of sp³-hybridized carbons (Fsp3) is 0.296. The van der Waals surface area contributed by atoms with E-state index < -0.39 is 6.10 Å². The normalized spacial score (nSPS) is 15.5. The first-order chi connectivity index (χ1) is 15.7. The molecule has 3 aromatic carbocycles. The maximum atomic E-state index is 13.5. The summed E-state index contributed by atoms with van der Waals surface area (Å²) in [5.41, 5.74) is 2.04. The van der Waals surface area contributed by atoms with E-state index in [1.54, 1.807) is 0 Å². The van der Waals surface area contributed by atoms with Crippen molar-refractivity contribution in [3.05, 3.63) is 102 Å². The third kappa shape index (κ3) is 5.75. The fourth-order valence-corrected chi connectivity index (χ4v) is 4.30. The van der Waals surface area contributed by atoms with Gasteiger partial charge in [0, 0.05) is 0 Å². The van der Waals surface area contributed by atoms with Crippen LogP contribution in [0.3, 0.4) is 0 Å². The smallest absolute Gasteiger partial charge is 0.234 e. The van der Waals surface area contributed by atoms with Crippen molar-refractivity contribution in [3.63, 3.8) is 0 Å². The number of quaternary nitrogens is 1. The molecule has 166 valence electrons. The molecule has 32 heavy (non-hydrogen) atoms. The van der Waals surface area contributed by atoms with E-state index in [1.807, 2.05) is 95.9 Å². The van der Waals surface area contributed by atoms with Crippen LogP contribution in [0.5, 0.6) is 5.75 Å². The number of rotatable bonds is 8. The van der Waals surface area contributed by atoms with Crippen LogP contribution >= 0.6 is 0 Å². The molecular formula is C27H31N2O3+. The highest BCUT2D eigenvalue weighted by Gasteiger charge is 2.31. The summed E-state index contributed by atoms with van der Waals surface area (Å²) in [4.78, 5) is 16.8. The van der Waals surface area contributed by atoms with Gasteiger partial charge in [-0.1, -0.05) is 78.9 Å². The van der Waals surface area contributed by atoms with Gasteiger partial charge in [0.15, 0.2) is 0 Å². The average Bonchev–Trinajstić information content (AvgIpc) is 2.85. The molecule has 1 fully saturated rings. The van der Waals surface area contributed by atoms with Crippen molar-refractivity contribution in [2.45, 2.75) is 12.0 Å². The van der Waals surface area contributed by atoms with Gasteiger partial charge in [0.2, 0.25) is 5.91 Å². The minimum absolute atomic E-state index is 0.148. The number of carbonyl (C=O) groups is 1. The number of aliphatic hydroxyl groups is 1. The lowest BCUT2D eigenvalue weighted by atomic mass is 9.90. The van der Waals surface area contributed by atoms with E-state index in [1.165, 1.54) is 4.90 Å². The van der Waals surface area contributed by atoms with E-state index in [2.05, 4.69) is 0 Å². The first-order valence-electron chi connectivity index (χ1n) is 11.3. The molecule has 0 aliphatic carbocycles. The molecule has 0 spiro atoms. The molecule has 5 heteroatoms. The van der Waals surface area contributed by atoms with Gasteiger partial charge in [0.25, 0.3) is 0 Å². The highest BCUT2D eigenvalue weighted by atomic mass is 16.5. The molecule has 0 aromatic heterocycles. The van der Waals surface area contributed by atoms with Gasteiger partial charge in [-0.05, 0) is 23.3 Å². The Balaban J connectivity index is 1.33. The van der Waals surface area contributed by atoms with Crippen LogP contribution in [0.1, 0.15) is 17.0 Å². The van der Waals surface area contributed by atoms with Gasteiger partial charge in [0.1, 0.15) is 25.0 Å². The molecule has 1 aliphatic rings. The number of para-hydroxylation sites is 1. The molecule has 1 atom stereocenters. The van der Waals surface area contributed by atoms with E-state index in [0.29, 0.717) is 19.6 Å². The molecule has 0 bridgehead atoms. The first kappa shape index (κ1) is 22.1. The van der Waals surface area contributed by atoms with Crippen LogP contribution in [0, 0.1) is 0 Å². The maximum Gasteiger partial charge on any atom is 0.234 e. The van der Waals surface area contributed by atoms with Gasteiger partial charge in [-0.15, -0.1) is 0 Å². The molecule has 2 N–H and O–H groups in total. The van der Waals surface area contributed by atoms with E-state index in [-0.39, 0.29) is 18.4 Å². The molecule has 1 saturated heterocycles. The minimum atomic E-state index is -0.533. The number of aliphatic hydroxyl groups excluding tert-OH is 1. The second kappa shape index (κ2) is 10.9. The van der Waals surface area contributed by atoms with Crippen LogP contribution in [0.15, 0.2) is 91.0 Å². The monoisotopic (exact) mass is 431 g/mol. The first-order valence-corrected chi connectivity index (χ1v) is 11.3. The molecule has 1 unspecified atom stereocenters. The number of piperazine rings is 1. The lowest BCUT2D eigenvalue weighted by Crippen LogP contribution is -3.16. The third-order valence-electron chi connectivity index (χ3n) is 6.00. The molecular weight excluding hydrogens is 400 g/mol. The van der Waals surface area contributed by atoms with Gasteiger partial charge in [-0.2, -0.15) is 0 Å². The lowest BCUT2D eigenvalue weighted by molar-refractivity contribution is -0.907. The number of hydrogen-bond acceptors (Lipinski definition) is 3. The van der Waals surface area contributed by atoms with Crippen molar-refractivity contribution in [2.24, 2.45) is 0 Å². The Morgan fingerprint density at radius 1 is 0.844 bits per heavy atom. The van der Waals surface area contributed by atoms with E-state index in [0.717, 1.165) is 30.0 Å². The number of nitrogens with one attached hydrogen (secondary N) is 1. The zero-order valence-corrected chi connectivity index (χ0v) is 18.3. The third-order valence-corrected chi connectivity index (χ3v) is 6.00. The topological polar surface area (TPSA) is 54.2 Å². The van der Waals surface area contributed by atoms with Gasteiger partial charge in [-0.3, -0.25) is 4.79 Å². The predicted molar refractivity (Wildman–Crippen MR) is 125 cm³/mol. The standard InChI is InChI=1S/C27H30N2O3/c30-24(21-32-25-14-8-3-9-15-25)20-28-16-18-29(19-17-28)27(31)26(22-10-4-1-5-11-22)23-12-6-2-7-13-23/h1-15,24,26,30H,16-21H2/p+1. The zero-order chi connectivity index (χ0) is 22.2. The second-order valence-corrected chi connectivity index (χ2v) is 8.31. The summed E-state index contributed by atoms with van der Waals surface area (Å²) >= 11 is 0. The van der Waals surface area contributed by atoms with Crippen molar-refractivity contribution in [3.8, 4) is 5.75 Å². The number of nitrogens with zero attached hydrogens (tertiary/aromatic N) is 1. The highest BCUT2D eigenvalue weighted by Crippen LogP contribution is 2.26. The fourth-order valence-electron chi connectivity index (χ4n) is 4.30. The molecule has 1 aliphatic heterocycles. The van der Waals surface area contributed by atoms with Crippen LogP contribution in [0.25, 0.3) is 0 Å². The zero-order valence-electron chi connectivity index (χ0n) is 18.3. The van der Waals surface area contributed by atoms with Crippen molar-refractivity contribution in [1.82, 2.24) is 4.90 Å². The van der Waals surface area contributed by atoms with Crippen LogP contribution in [-0.4, -0.2) is 61.3 Å². The van der Waals surface area contributed by atoms with Gasteiger partial charge in [0.05, 0.1) is 32.1 Å². The molecule has 1 heterocycles. The Bertz CT molecular complexity index is 918. The number of hydrogen-bond donors (Lipinski definition) is 2. The van der Waals surface area contributed by atoms with Gasteiger partial charge >= 0.3 is 0 Å². The number of carbonyl (C=O) groups excluding carboxylic acids is 1. The van der Waals surface area contributed by atoms with Crippen LogP contribution in [0.2, 0.25) is 0 Å². The summed E-state index contributed by atoms with van der Waals surface area (Å²) < 4.78 is 5.67. The van der Waals surface area contributed by atoms with Crippen molar-refractivity contribution < 1.29 is 19.5 Å². The van der Waals surface area contributed by atoms with Gasteiger partial charge in [-0.25, -0.2) is 0 Å². The Kier molecular flexibility index (Phi) is 7.54. The summed E-state index contributed by atoms with van der Waals surface area (Å²) in [5.74, 6) is 0.628. The van der Waals surface area contributed by atoms with Crippen LogP contribution in [-0.2, 0) is 4.79 Å². The SMILES string of the molecule is O=C(C(c1ccccc1)c1ccccc1)N1CC[NH+](CC(O)COc2ccccc2)CC1. The lowest BCUT2D eigenvalue weighted by Gasteiger charge is -2.35. The summed E-state index contributed by atoms with van der Waals surface area (Å²) in [6.07, 6.45) is -0.533. The maximum absolute atomic E-state index is 13.5. The predicted octanol–water partition coefficient (Wildman–Crippen LogP) is 1.99. The van der Waals surface area contributed by atoms with Crippen LogP contribution < -0.4 is 9.64 Å². The number of benzene rings is 3. The average molecular weight is 432 g/mol. The summed E-state index contributed by atoms with van der Waals surface area (Å²) in [7, 11) is 0. The summed E-state index contributed by atoms with van der Waals surface area (Å²) in [6.45, 7) is 3.93. The van der Waals surface area contributed by atoms with Crippen molar-refractivity contribution >= 4 is 5.91 Å². The summed E-state index contributed by atoms with van der Waals surface area (Å²) in [5, 5.41) is 10.4. The second-order valence-electron chi connectivity index (χ2n) is 8.31. The Labute approximate surface area is 189 Å². The Morgan fingerprint density at radius 3 is 1.88 bits per heavy atom. The van der Waals surface area contributed by atoms with Crippen LogP contribution in [0.4, 0.5) is 0 Å². The van der Waals surface area contributed by atoms with E-state index in [9.17, 15) is 9.90 Å². The van der Waals surface area contributed by atoms with E-state index >= 15 is 0 Å². The van der Waals surface area contributed by atoms with E-state index in [4.69, 9.17) is 4.74 Å². The molecule has 3 aromatic rings. The van der Waals surface area contributed by atoms with Crippen molar-refractivity contribution in [2.75, 3.05) is 39.3 Å². The quantitative estimate of drug-likeness (QED) is 0.574. The van der Waals surface area contributed by atoms with Crippen molar-refractivity contribution in [1.29, 1.82) is 0 Å². The number of amides is 1. The minimum Gasteiger partial charge on any atom is -0.491 e. The summed E-state index contributed by atoms with van der Waals surface area (Å²) in [6, 6.07) is 29.6. The number of ether oxygens (including phenoxy) is 1. The Hall–Kier alpha value is -3.15. The van der Waals surface area contributed by atoms with Gasteiger partial charge < -0.3 is 19.6 Å². The molecule has 0 saturated carbocycles. The molecule has 5 nitrogen and oxygen atoms in total. The molecule has 0 radical (unpaired) electrons. The molecule has 1 amide bonds.